The molecule has 0 saturated heterocycles. The van der Waals surface area contributed by atoms with Gasteiger partial charge in [0, 0.05) is 12.3 Å². The summed E-state index contributed by atoms with van der Waals surface area (Å²) in [5.41, 5.74) is 0.767. The summed E-state index contributed by atoms with van der Waals surface area (Å²) in [6, 6.07) is 12.8. The number of rotatable bonds is 4. The van der Waals surface area contributed by atoms with Gasteiger partial charge in [-0.25, -0.2) is 4.98 Å². The third-order valence-electron chi connectivity index (χ3n) is 3.02. The van der Waals surface area contributed by atoms with Crippen molar-refractivity contribution in [2.45, 2.75) is 6.18 Å². The molecule has 4 nitrogen and oxygen atoms in total. The van der Waals surface area contributed by atoms with Gasteiger partial charge in [0.1, 0.15) is 12.4 Å². The van der Waals surface area contributed by atoms with E-state index in [1.165, 1.54) is 24.4 Å². The van der Waals surface area contributed by atoms with E-state index < -0.39 is 18.6 Å². The molecule has 0 aliphatic rings. The van der Waals surface area contributed by atoms with Gasteiger partial charge in [0.25, 0.3) is 5.91 Å². The lowest BCUT2D eigenvalue weighted by atomic mass is 10.1. The zero-order valence-electron chi connectivity index (χ0n) is 12.4. The fourth-order valence-electron chi connectivity index (χ4n) is 1.96. The van der Waals surface area contributed by atoms with Crippen LogP contribution in [0.3, 0.4) is 0 Å². The molecule has 2 rings (SSSR count). The van der Waals surface area contributed by atoms with Gasteiger partial charge in [0.2, 0.25) is 0 Å². The average molecular weight is 331 g/mol. The van der Waals surface area contributed by atoms with Crippen LogP contribution in [-0.4, -0.2) is 23.6 Å². The van der Waals surface area contributed by atoms with E-state index in [9.17, 15) is 18.0 Å². The Labute approximate surface area is 136 Å². The Balaban J connectivity index is 2.28. The molecule has 0 bridgehead atoms. The van der Waals surface area contributed by atoms with Gasteiger partial charge in [-0.05, 0) is 29.8 Å². The number of amides is 1. The van der Waals surface area contributed by atoms with Gasteiger partial charge in [-0.15, -0.1) is 0 Å². The summed E-state index contributed by atoms with van der Waals surface area (Å²) in [5, 5.41) is 8.99. The van der Waals surface area contributed by atoms with E-state index in [0.29, 0.717) is 16.0 Å². The van der Waals surface area contributed by atoms with Gasteiger partial charge in [0.05, 0.1) is 11.6 Å². The lowest BCUT2D eigenvalue weighted by Crippen LogP contribution is -2.38. The summed E-state index contributed by atoms with van der Waals surface area (Å²) in [5.74, 6) is -0.975. The molecule has 122 valence electrons. The third-order valence-corrected chi connectivity index (χ3v) is 3.02. The van der Waals surface area contributed by atoms with E-state index in [1.807, 2.05) is 6.07 Å². The second kappa shape index (κ2) is 7.42. The van der Waals surface area contributed by atoms with E-state index in [0.717, 1.165) is 6.08 Å². The number of alkyl halides is 3. The zero-order valence-corrected chi connectivity index (χ0v) is 12.4. The molecule has 0 radical (unpaired) electrons. The highest BCUT2D eigenvalue weighted by molar-refractivity contribution is 6.03. The first kappa shape index (κ1) is 17.2. The number of pyridine rings is 1. The monoisotopic (exact) mass is 331 g/mol. The van der Waals surface area contributed by atoms with Crippen molar-refractivity contribution in [2.24, 2.45) is 0 Å². The van der Waals surface area contributed by atoms with Crippen molar-refractivity contribution < 1.29 is 18.0 Å². The van der Waals surface area contributed by atoms with Crippen LogP contribution in [0.25, 0.3) is 6.08 Å². The third kappa shape index (κ3) is 4.68. The molecule has 0 saturated carbocycles. The molecule has 0 spiro atoms. The number of anilines is 1. The molecule has 0 aliphatic heterocycles. The van der Waals surface area contributed by atoms with Crippen LogP contribution in [-0.2, 0) is 4.79 Å². The largest absolute Gasteiger partial charge is 0.406 e. The SMILES string of the molecule is N#Cc1ccccc1/C=C\C(=O)N(CC(F)(F)F)c1ccccn1. The van der Waals surface area contributed by atoms with Gasteiger partial charge < -0.3 is 0 Å². The van der Waals surface area contributed by atoms with Crippen LogP contribution >= 0.6 is 0 Å². The molecular formula is C17H12F3N3O. The van der Waals surface area contributed by atoms with E-state index >= 15 is 0 Å². The number of nitrogens with zero attached hydrogens (tertiary/aromatic N) is 3. The second-order valence-corrected chi connectivity index (χ2v) is 4.76. The lowest BCUT2D eigenvalue weighted by molar-refractivity contribution is -0.130. The normalized spacial score (nSPS) is 11.2. The molecule has 1 heterocycles. The first-order valence-electron chi connectivity index (χ1n) is 6.87. The van der Waals surface area contributed by atoms with Gasteiger partial charge in [-0.2, -0.15) is 18.4 Å². The highest BCUT2D eigenvalue weighted by atomic mass is 19.4. The number of nitriles is 1. The molecule has 1 aromatic heterocycles. The van der Waals surface area contributed by atoms with Crippen LogP contribution in [0.4, 0.5) is 19.0 Å². The number of benzene rings is 1. The summed E-state index contributed by atoms with van der Waals surface area (Å²) >= 11 is 0. The van der Waals surface area contributed by atoms with E-state index in [2.05, 4.69) is 4.98 Å². The minimum atomic E-state index is -4.56. The van der Waals surface area contributed by atoms with Crippen molar-refractivity contribution in [3.8, 4) is 6.07 Å². The van der Waals surface area contributed by atoms with E-state index in [4.69, 9.17) is 5.26 Å². The fourth-order valence-corrected chi connectivity index (χ4v) is 1.96. The standard InChI is InChI=1S/C17H12F3N3O/c18-17(19,20)12-23(15-7-3-4-10-22-15)16(24)9-8-13-5-1-2-6-14(13)11-21/h1-10H,12H2/b9-8-. The highest BCUT2D eigenvalue weighted by Crippen LogP contribution is 2.21. The second-order valence-electron chi connectivity index (χ2n) is 4.76. The zero-order chi connectivity index (χ0) is 17.6. The van der Waals surface area contributed by atoms with Crippen molar-refractivity contribution in [2.75, 3.05) is 11.4 Å². The predicted octanol–water partition coefficient (Wildman–Crippen LogP) is 3.56. The predicted molar refractivity (Wildman–Crippen MR) is 82.8 cm³/mol. The molecule has 0 aliphatic carbocycles. The van der Waals surface area contributed by atoms with E-state index in [1.54, 1.807) is 30.3 Å². The summed E-state index contributed by atoms with van der Waals surface area (Å²) < 4.78 is 38.2. The first-order chi connectivity index (χ1) is 11.4. The van der Waals surface area contributed by atoms with Crippen LogP contribution < -0.4 is 4.90 Å². The molecule has 0 fully saturated rings. The van der Waals surface area contributed by atoms with E-state index in [-0.39, 0.29) is 5.82 Å². The number of carbonyl (C=O) groups excluding carboxylic acids is 1. The number of aromatic nitrogens is 1. The molecule has 2 aromatic rings. The highest BCUT2D eigenvalue weighted by Gasteiger charge is 2.33. The van der Waals surface area contributed by atoms with Crippen LogP contribution in [0.1, 0.15) is 11.1 Å². The minimum absolute atomic E-state index is 0.0990. The molecule has 7 heteroatoms. The van der Waals surface area contributed by atoms with Gasteiger partial charge >= 0.3 is 6.18 Å². The van der Waals surface area contributed by atoms with Crippen molar-refractivity contribution in [3.63, 3.8) is 0 Å². The van der Waals surface area contributed by atoms with Crippen molar-refractivity contribution >= 4 is 17.8 Å². The smallest absolute Gasteiger partial charge is 0.284 e. The molecular weight excluding hydrogens is 319 g/mol. The Hall–Kier alpha value is -3.14. The summed E-state index contributed by atoms with van der Waals surface area (Å²) in [6.07, 6.45) is -0.948. The van der Waals surface area contributed by atoms with Gasteiger partial charge in [-0.3, -0.25) is 9.69 Å². The Morgan fingerprint density at radius 2 is 1.92 bits per heavy atom. The Morgan fingerprint density at radius 3 is 2.54 bits per heavy atom. The maximum Gasteiger partial charge on any atom is 0.406 e. The van der Waals surface area contributed by atoms with Gasteiger partial charge in [0.15, 0.2) is 0 Å². The number of hydrogen-bond donors (Lipinski definition) is 0. The maximum absolute atomic E-state index is 12.7. The topological polar surface area (TPSA) is 57.0 Å². The lowest BCUT2D eigenvalue weighted by Gasteiger charge is -2.21. The average Bonchev–Trinajstić information content (AvgIpc) is 2.58. The summed E-state index contributed by atoms with van der Waals surface area (Å²) in [7, 11) is 0. The minimum Gasteiger partial charge on any atom is -0.284 e. The van der Waals surface area contributed by atoms with Crippen molar-refractivity contribution in [1.29, 1.82) is 5.26 Å². The molecule has 1 aromatic carbocycles. The molecule has 24 heavy (non-hydrogen) atoms. The number of hydrogen-bond acceptors (Lipinski definition) is 3. The first-order valence-corrected chi connectivity index (χ1v) is 6.87. The van der Waals surface area contributed by atoms with Crippen LogP contribution in [0.2, 0.25) is 0 Å². The van der Waals surface area contributed by atoms with Crippen molar-refractivity contribution in [1.82, 2.24) is 4.98 Å². The van der Waals surface area contributed by atoms with Crippen LogP contribution in [0, 0.1) is 11.3 Å². The molecule has 0 atom stereocenters. The summed E-state index contributed by atoms with van der Waals surface area (Å²) in [6.45, 7) is -1.45. The maximum atomic E-state index is 12.7. The van der Waals surface area contributed by atoms with Crippen LogP contribution in [0.5, 0.6) is 0 Å². The Kier molecular flexibility index (Phi) is 5.32. The quantitative estimate of drug-likeness (QED) is 0.805. The number of carbonyl (C=O) groups is 1. The number of halogens is 3. The Bertz CT molecular complexity index is 780. The molecule has 0 unspecified atom stereocenters. The fraction of sp³-hybridized carbons (Fsp3) is 0.118. The Morgan fingerprint density at radius 1 is 1.21 bits per heavy atom. The van der Waals surface area contributed by atoms with Crippen LogP contribution in [0.15, 0.2) is 54.7 Å². The molecule has 0 N–H and O–H groups in total. The van der Waals surface area contributed by atoms with Crippen molar-refractivity contribution in [3.05, 3.63) is 65.9 Å². The summed E-state index contributed by atoms with van der Waals surface area (Å²) in [4.78, 5) is 16.5. The molecule has 1 amide bonds. The van der Waals surface area contributed by atoms with Gasteiger partial charge in [-0.1, -0.05) is 24.3 Å².